The van der Waals surface area contributed by atoms with E-state index in [9.17, 15) is 9.59 Å². The van der Waals surface area contributed by atoms with Crippen LogP contribution in [0.25, 0.3) is 0 Å². The Morgan fingerprint density at radius 2 is 1.71 bits per heavy atom. The van der Waals surface area contributed by atoms with Gasteiger partial charge in [0.25, 0.3) is 0 Å². The summed E-state index contributed by atoms with van der Waals surface area (Å²) in [5, 5.41) is 10.7. The first-order valence-electron chi connectivity index (χ1n) is 6.27. The van der Waals surface area contributed by atoms with E-state index in [1.54, 1.807) is 0 Å². The lowest BCUT2D eigenvalue weighted by Crippen LogP contribution is -2.40. The zero-order valence-electron chi connectivity index (χ0n) is 11.5. The molecule has 0 unspecified atom stereocenters. The van der Waals surface area contributed by atoms with Gasteiger partial charge in [0.2, 0.25) is 0 Å². The highest BCUT2D eigenvalue weighted by atomic mass is 16.4. The van der Waals surface area contributed by atoms with Crippen molar-refractivity contribution in [3.8, 4) is 0 Å². The van der Waals surface area contributed by atoms with Gasteiger partial charge in [-0.15, -0.1) is 0 Å². The lowest BCUT2D eigenvalue weighted by Gasteiger charge is -2.19. The number of carbonyl (C=O) groups excluding carboxylic acids is 1. The molecule has 17 heavy (non-hydrogen) atoms. The van der Waals surface area contributed by atoms with Crippen molar-refractivity contribution < 1.29 is 14.7 Å². The predicted octanol–water partition coefficient (Wildman–Crippen LogP) is 2.32. The summed E-state index contributed by atoms with van der Waals surface area (Å²) < 4.78 is 0. The summed E-state index contributed by atoms with van der Waals surface area (Å²) >= 11 is 0. The summed E-state index contributed by atoms with van der Waals surface area (Å²) in [6, 6.07) is 0.0526. The monoisotopic (exact) mass is 246 g/mol. The van der Waals surface area contributed by atoms with E-state index >= 15 is 0 Å². The van der Waals surface area contributed by atoms with Crippen LogP contribution in [0.2, 0.25) is 0 Å². The minimum atomic E-state index is -0.711. The molecular weight excluding hydrogens is 220 g/mol. The highest BCUT2D eigenvalue weighted by molar-refractivity contribution is 5.73. The molecule has 5 heteroatoms. The molecular formula is C12H26N2O3. The normalized spacial score (nSPS) is 8.94. The van der Waals surface area contributed by atoms with Gasteiger partial charge in [-0.25, -0.2) is 4.79 Å². The topological polar surface area (TPSA) is 69.6 Å². The first kappa shape index (κ1) is 18.1. The van der Waals surface area contributed by atoms with Crippen molar-refractivity contribution in [3.05, 3.63) is 0 Å². The summed E-state index contributed by atoms with van der Waals surface area (Å²) in [5.41, 5.74) is 0. The molecule has 0 aromatic rings. The highest BCUT2D eigenvalue weighted by Crippen LogP contribution is 1.90. The molecule has 102 valence electrons. The third kappa shape index (κ3) is 12.7. The van der Waals surface area contributed by atoms with Gasteiger partial charge < -0.3 is 15.3 Å². The molecule has 0 saturated carbocycles. The summed E-state index contributed by atoms with van der Waals surface area (Å²) in [5.74, 6) is -0.711. The number of carbonyl (C=O) groups is 2. The van der Waals surface area contributed by atoms with E-state index in [0.29, 0.717) is 13.0 Å². The molecule has 2 amide bonds. The lowest BCUT2D eigenvalue weighted by atomic mass is 10.4. The molecule has 0 heterocycles. The molecule has 0 spiro atoms. The fourth-order valence-corrected chi connectivity index (χ4v) is 1.15. The van der Waals surface area contributed by atoms with Crippen molar-refractivity contribution in [2.45, 2.75) is 47.0 Å². The maximum Gasteiger partial charge on any atom is 0.317 e. The van der Waals surface area contributed by atoms with Crippen LogP contribution in [0, 0.1) is 0 Å². The molecule has 0 aliphatic heterocycles. The quantitative estimate of drug-likeness (QED) is 0.755. The number of hydrogen-bond acceptors (Lipinski definition) is 2. The smallest absolute Gasteiger partial charge is 0.317 e. The maximum absolute atomic E-state index is 11.2. The molecule has 0 fully saturated rings. The Bertz CT molecular complexity index is 208. The van der Waals surface area contributed by atoms with Gasteiger partial charge in [0.15, 0.2) is 0 Å². The number of aliphatic carboxylic acids is 1. The van der Waals surface area contributed by atoms with Crippen molar-refractivity contribution in [1.29, 1.82) is 0 Å². The molecule has 0 aliphatic carbocycles. The van der Waals surface area contributed by atoms with E-state index in [4.69, 9.17) is 5.11 Å². The second kappa shape index (κ2) is 12.8. The van der Waals surface area contributed by atoms with Gasteiger partial charge in [-0.05, 0) is 26.7 Å². The minimum absolute atomic E-state index is 0.0526. The van der Waals surface area contributed by atoms with E-state index in [-0.39, 0.29) is 6.03 Å². The molecule has 0 rings (SSSR count). The first-order valence-corrected chi connectivity index (χ1v) is 6.27. The van der Waals surface area contributed by atoms with Gasteiger partial charge in [0, 0.05) is 26.1 Å². The van der Waals surface area contributed by atoms with Crippen LogP contribution in [-0.4, -0.2) is 41.6 Å². The summed E-state index contributed by atoms with van der Waals surface area (Å²) in [7, 11) is 0. The van der Waals surface area contributed by atoms with Crippen molar-refractivity contribution >= 4 is 12.0 Å². The third-order valence-corrected chi connectivity index (χ3v) is 1.95. The van der Waals surface area contributed by atoms with Crippen molar-refractivity contribution in [2.24, 2.45) is 0 Å². The average molecular weight is 246 g/mol. The number of rotatable bonds is 6. The van der Waals surface area contributed by atoms with Gasteiger partial charge in [-0.2, -0.15) is 0 Å². The van der Waals surface area contributed by atoms with E-state index in [0.717, 1.165) is 25.9 Å². The first-order chi connectivity index (χ1) is 8.03. The van der Waals surface area contributed by atoms with Crippen LogP contribution in [0.5, 0.6) is 0 Å². The van der Waals surface area contributed by atoms with E-state index in [1.165, 1.54) is 0 Å². The van der Waals surface area contributed by atoms with Gasteiger partial charge in [0.05, 0.1) is 0 Å². The van der Waals surface area contributed by atoms with Crippen LogP contribution in [0.3, 0.4) is 0 Å². The number of nitrogens with zero attached hydrogens (tertiary/aromatic N) is 1. The Kier molecular flexibility index (Phi) is 13.6. The molecule has 0 bridgehead atoms. The van der Waals surface area contributed by atoms with Crippen LogP contribution < -0.4 is 5.32 Å². The van der Waals surface area contributed by atoms with Crippen LogP contribution in [-0.2, 0) is 4.79 Å². The number of urea groups is 1. The van der Waals surface area contributed by atoms with Gasteiger partial charge in [-0.1, -0.05) is 13.8 Å². The van der Waals surface area contributed by atoms with Gasteiger partial charge >= 0.3 is 12.0 Å². The summed E-state index contributed by atoms with van der Waals surface area (Å²) in [6.07, 6.45) is 2.04. The Hall–Kier alpha value is -1.26. The zero-order valence-corrected chi connectivity index (χ0v) is 11.5. The van der Waals surface area contributed by atoms with Crippen LogP contribution in [0.15, 0.2) is 0 Å². The van der Waals surface area contributed by atoms with Gasteiger partial charge in [0.1, 0.15) is 0 Å². The Labute approximate surface area is 104 Å². The fourth-order valence-electron chi connectivity index (χ4n) is 1.15. The Morgan fingerprint density at radius 3 is 1.94 bits per heavy atom. The Morgan fingerprint density at radius 1 is 1.12 bits per heavy atom. The molecule has 0 radical (unpaired) electrons. The van der Waals surface area contributed by atoms with Crippen LogP contribution in [0.1, 0.15) is 47.0 Å². The number of amides is 2. The largest absolute Gasteiger partial charge is 0.481 e. The standard InChI is InChI=1S/C8H18N2O.C4H8O2/c1-4-7-10(6-3)8(11)9-5-2;1-2-3-4(5)6/h4-7H2,1-3H3,(H,9,11);2-3H2,1H3,(H,5,6). The second-order valence-corrected chi connectivity index (χ2v) is 3.56. The van der Waals surface area contributed by atoms with E-state index in [2.05, 4.69) is 12.2 Å². The van der Waals surface area contributed by atoms with E-state index in [1.807, 2.05) is 25.7 Å². The average Bonchev–Trinajstić information content (AvgIpc) is 2.26. The summed E-state index contributed by atoms with van der Waals surface area (Å²) in [6.45, 7) is 10.2. The van der Waals surface area contributed by atoms with E-state index < -0.39 is 5.97 Å². The Balaban J connectivity index is 0. The lowest BCUT2D eigenvalue weighted by molar-refractivity contribution is -0.137. The molecule has 0 aliphatic rings. The van der Waals surface area contributed by atoms with Gasteiger partial charge in [-0.3, -0.25) is 4.79 Å². The molecule has 0 aromatic carbocycles. The van der Waals surface area contributed by atoms with Crippen molar-refractivity contribution in [3.63, 3.8) is 0 Å². The molecule has 0 aromatic heterocycles. The second-order valence-electron chi connectivity index (χ2n) is 3.56. The number of carboxylic acids is 1. The van der Waals surface area contributed by atoms with Crippen LogP contribution in [0.4, 0.5) is 4.79 Å². The number of carboxylic acid groups (broad SMARTS) is 1. The summed E-state index contributed by atoms with van der Waals surface area (Å²) in [4.78, 5) is 22.6. The zero-order chi connectivity index (χ0) is 13.7. The van der Waals surface area contributed by atoms with Crippen molar-refractivity contribution in [2.75, 3.05) is 19.6 Å². The maximum atomic E-state index is 11.2. The predicted molar refractivity (Wildman–Crippen MR) is 69.2 cm³/mol. The number of nitrogens with one attached hydrogen (secondary N) is 1. The molecule has 2 N–H and O–H groups in total. The SMILES string of the molecule is CCCC(=O)O.CCCN(CC)C(=O)NCC. The van der Waals surface area contributed by atoms with Crippen molar-refractivity contribution in [1.82, 2.24) is 10.2 Å². The highest BCUT2D eigenvalue weighted by Gasteiger charge is 2.07. The third-order valence-electron chi connectivity index (χ3n) is 1.95. The fraction of sp³-hybridized carbons (Fsp3) is 0.833. The van der Waals surface area contributed by atoms with Crippen LogP contribution >= 0.6 is 0 Å². The molecule has 0 saturated heterocycles. The number of hydrogen-bond donors (Lipinski definition) is 2. The minimum Gasteiger partial charge on any atom is -0.481 e. The molecule has 5 nitrogen and oxygen atoms in total. The molecule has 0 atom stereocenters.